The number of benzene rings is 2. The van der Waals surface area contributed by atoms with Crippen molar-refractivity contribution in [1.29, 1.82) is 0 Å². The predicted molar refractivity (Wildman–Crippen MR) is 136 cm³/mol. The Kier molecular flexibility index (Phi) is 7.40. The second-order valence-electron chi connectivity index (χ2n) is 10.8. The monoisotopic (exact) mass is 481 g/mol. The number of rotatable bonds is 7. The Bertz CT molecular complexity index is 1120. The van der Waals surface area contributed by atoms with Gasteiger partial charge >= 0.3 is 6.61 Å². The van der Waals surface area contributed by atoms with Gasteiger partial charge in [-0.05, 0) is 98.4 Å². The molecule has 0 N–H and O–H groups in total. The summed E-state index contributed by atoms with van der Waals surface area (Å²) in [6, 6.07) is 11.4. The lowest BCUT2D eigenvalue weighted by atomic mass is 9.68. The van der Waals surface area contributed by atoms with E-state index >= 15 is 0 Å². The Morgan fingerprint density at radius 3 is 2.37 bits per heavy atom. The van der Waals surface area contributed by atoms with Gasteiger partial charge < -0.3 is 9.15 Å². The minimum absolute atomic E-state index is 0.225. The second kappa shape index (κ2) is 10.7. The molecule has 188 valence electrons. The molecule has 0 spiro atoms. The van der Waals surface area contributed by atoms with Gasteiger partial charge in [-0.25, -0.2) is 4.98 Å². The number of hydrogen-bond donors (Lipinski definition) is 0. The number of nitrogens with zero attached hydrogens (tertiary/aromatic N) is 1. The lowest BCUT2D eigenvalue weighted by Crippen LogP contribution is -2.25. The number of hydrogen-bond acceptors (Lipinski definition) is 3. The van der Waals surface area contributed by atoms with Gasteiger partial charge in [0.05, 0.1) is 5.56 Å². The second-order valence-corrected chi connectivity index (χ2v) is 10.8. The van der Waals surface area contributed by atoms with E-state index in [9.17, 15) is 8.78 Å². The van der Waals surface area contributed by atoms with Crippen molar-refractivity contribution in [2.24, 2.45) is 17.8 Å². The molecule has 0 atom stereocenters. The van der Waals surface area contributed by atoms with Crippen molar-refractivity contribution in [3.63, 3.8) is 0 Å². The van der Waals surface area contributed by atoms with Gasteiger partial charge in [0, 0.05) is 0 Å². The predicted octanol–water partition coefficient (Wildman–Crippen LogP) is 9.28. The van der Waals surface area contributed by atoms with Crippen LogP contribution in [0.1, 0.15) is 88.2 Å². The number of fused-ring (bicyclic) bond motifs is 1. The van der Waals surface area contributed by atoms with Crippen LogP contribution >= 0.6 is 0 Å². The molecule has 2 aliphatic rings. The Labute approximate surface area is 207 Å². The fraction of sp³-hybridized carbons (Fsp3) is 0.567. The molecular weight excluding hydrogens is 444 g/mol. The summed E-state index contributed by atoms with van der Waals surface area (Å²) in [6.45, 7) is 1.39. The maximum atomic E-state index is 13.5. The molecule has 3 aromatic rings. The van der Waals surface area contributed by atoms with Crippen LogP contribution in [-0.4, -0.2) is 11.6 Å². The Morgan fingerprint density at radius 1 is 0.971 bits per heavy atom. The molecular formula is C30H37F2NO2. The molecule has 0 unspecified atom stereocenters. The molecule has 2 aromatic carbocycles. The van der Waals surface area contributed by atoms with Crippen molar-refractivity contribution >= 4 is 11.1 Å². The average molecular weight is 482 g/mol. The van der Waals surface area contributed by atoms with Gasteiger partial charge in [0.2, 0.25) is 5.89 Å². The summed E-state index contributed by atoms with van der Waals surface area (Å²) in [7, 11) is 0. The highest BCUT2D eigenvalue weighted by Gasteiger charge is 2.33. The van der Waals surface area contributed by atoms with Crippen LogP contribution in [-0.2, 0) is 0 Å². The van der Waals surface area contributed by atoms with E-state index < -0.39 is 6.61 Å². The zero-order valence-corrected chi connectivity index (χ0v) is 20.9. The van der Waals surface area contributed by atoms with Gasteiger partial charge in [-0.1, -0.05) is 50.8 Å². The van der Waals surface area contributed by atoms with Crippen LogP contribution in [0.3, 0.4) is 0 Å². The molecule has 0 bridgehead atoms. The topological polar surface area (TPSA) is 35.3 Å². The first-order valence-electron chi connectivity index (χ1n) is 13.5. The van der Waals surface area contributed by atoms with Crippen LogP contribution in [0.15, 0.2) is 40.8 Å². The number of aryl methyl sites for hydroxylation is 1. The van der Waals surface area contributed by atoms with Gasteiger partial charge in [-0.2, -0.15) is 8.78 Å². The minimum atomic E-state index is -2.89. The number of alkyl halides is 2. The highest BCUT2D eigenvalue weighted by molar-refractivity contribution is 5.78. The standard InChI is InChI=1S/C30H37F2NO2/c1-3-5-20-9-11-21(12-10-20)22-13-15-23(16-14-22)24-6-4-7-25(28(24)35-30(31)32)29-33-26-18-19(2)8-17-27(26)34-29/h4,6-8,17-18,20-23,30H,3,5,9-16H2,1-2H3/t20-,21-,22?,23?. The molecule has 5 heteroatoms. The molecule has 5 rings (SSSR count). The van der Waals surface area contributed by atoms with E-state index in [2.05, 4.69) is 11.9 Å². The number of para-hydroxylation sites is 1. The van der Waals surface area contributed by atoms with E-state index in [-0.39, 0.29) is 11.7 Å². The summed E-state index contributed by atoms with van der Waals surface area (Å²) >= 11 is 0. The number of aromatic nitrogens is 1. The summed E-state index contributed by atoms with van der Waals surface area (Å²) in [6.07, 6.45) is 12.6. The SMILES string of the molecule is CCC[C@H]1CC[C@H](C2CCC(c3cccc(-c4nc5cc(C)ccc5o4)c3OC(F)F)CC2)CC1. The molecule has 2 aliphatic carbocycles. The molecule has 2 fully saturated rings. The molecule has 1 heterocycles. The minimum Gasteiger partial charge on any atom is -0.436 e. The highest BCUT2D eigenvalue weighted by atomic mass is 19.3. The van der Waals surface area contributed by atoms with E-state index in [0.29, 0.717) is 17.0 Å². The molecule has 0 radical (unpaired) electrons. The third-order valence-corrected chi connectivity index (χ3v) is 8.49. The average Bonchev–Trinajstić information content (AvgIpc) is 3.28. The summed E-state index contributed by atoms with van der Waals surface area (Å²) < 4.78 is 38.2. The molecule has 35 heavy (non-hydrogen) atoms. The van der Waals surface area contributed by atoms with Gasteiger partial charge in [0.25, 0.3) is 0 Å². The summed E-state index contributed by atoms with van der Waals surface area (Å²) in [5, 5.41) is 0. The van der Waals surface area contributed by atoms with Crippen LogP contribution in [0.5, 0.6) is 5.75 Å². The number of oxazole rings is 1. The zero-order valence-electron chi connectivity index (χ0n) is 20.9. The van der Waals surface area contributed by atoms with E-state index in [1.807, 2.05) is 37.3 Å². The first-order valence-corrected chi connectivity index (χ1v) is 13.5. The van der Waals surface area contributed by atoms with Gasteiger partial charge in [0.15, 0.2) is 5.58 Å². The number of halogens is 2. The van der Waals surface area contributed by atoms with E-state index in [4.69, 9.17) is 9.15 Å². The fourth-order valence-electron chi connectivity index (χ4n) is 6.68. The van der Waals surface area contributed by atoms with Crippen molar-refractivity contribution in [3.05, 3.63) is 47.5 Å². The van der Waals surface area contributed by atoms with Crippen molar-refractivity contribution < 1.29 is 17.9 Å². The van der Waals surface area contributed by atoms with Gasteiger partial charge in [-0.15, -0.1) is 0 Å². The summed E-state index contributed by atoms with van der Waals surface area (Å²) in [4.78, 5) is 4.60. The summed E-state index contributed by atoms with van der Waals surface area (Å²) in [5.74, 6) is 3.34. The smallest absolute Gasteiger partial charge is 0.387 e. The third-order valence-electron chi connectivity index (χ3n) is 8.49. The van der Waals surface area contributed by atoms with E-state index in [1.54, 1.807) is 6.07 Å². The van der Waals surface area contributed by atoms with E-state index in [0.717, 1.165) is 47.2 Å². The third kappa shape index (κ3) is 5.39. The molecule has 2 saturated carbocycles. The molecule has 0 aliphatic heterocycles. The van der Waals surface area contributed by atoms with E-state index in [1.165, 1.54) is 51.4 Å². The zero-order chi connectivity index (χ0) is 24.4. The van der Waals surface area contributed by atoms with Crippen LogP contribution in [0.25, 0.3) is 22.6 Å². The van der Waals surface area contributed by atoms with Crippen molar-refractivity contribution in [2.45, 2.75) is 90.6 Å². The summed E-state index contributed by atoms with van der Waals surface area (Å²) in [5.41, 5.74) is 3.82. The Morgan fingerprint density at radius 2 is 1.69 bits per heavy atom. The molecule has 3 nitrogen and oxygen atoms in total. The van der Waals surface area contributed by atoms with Crippen molar-refractivity contribution in [2.75, 3.05) is 0 Å². The maximum Gasteiger partial charge on any atom is 0.387 e. The van der Waals surface area contributed by atoms with Crippen molar-refractivity contribution in [1.82, 2.24) is 4.98 Å². The van der Waals surface area contributed by atoms with Crippen LogP contribution < -0.4 is 4.74 Å². The molecule has 0 saturated heterocycles. The first-order chi connectivity index (χ1) is 17.0. The Hall–Kier alpha value is -2.43. The van der Waals surface area contributed by atoms with Crippen LogP contribution in [0.4, 0.5) is 8.78 Å². The van der Waals surface area contributed by atoms with Crippen molar-refractivity contribution in [3.8, 4) is 17.2 Å². The van der Waals surface area contributed by atoms with Gasteiger partial charge in [-0.3, -0.25) is 0 Å². The quantitative estimate of drug-likeness (QED) is 0.337. The normalized spacial score (nSPS) is 25.3. The lowest BCUT2D eigenvalue weighted by Gasteiger charge is -2.38. The largest absolute Gasteiger partial charge is 0.436 e. The van der Waals surface area contributed by atoms with Crippen LogP contribution in [0, 0.1) is 24.7 Å². The lowest BCUT2D eigenvalue weighted by molar-refractivity contribution is -0.0504. The fourth-order valence-corrected chi connectivity index (χ4v) is 6.68. The Balaban J connectivity index is 1.34. The van der Waals surface area contributed by atoms with Crippen LogP contribution in [0.2, 0.25) is 0 Å². The maximum absolute atomic E-state index is 13.5. The van der Waals surface area contributed by atoms with Gasteiger partial charge in [0.1, 0.15) is 11.3 Å². The number of ether oxygens (including phenoxy) is 1. The molecule has 1 aromatic heterocycles. The highest BCUT2D eigenvalue weighted by Crippen LogP contribution is 2.48. The molecule has 0 amide bonds. The first kappa shape index (κ1) is 24.3.